The lowest BCUT2D eigenvalue weighted by atomic mass is 9.96. The average molecular weight is 384 g/mol. The fourth-order valence-corrected chi connectivity index (χ4v) is 2.86. The molecule has 0 aliphatic rings. The molecular weight excluding hydrogens is 362 g/mol. The predicted octanol–water partition coefficient (Wildman–Crippen LogP) is 4.23. The highest BCUT2D eigenvalue weighted by Gasteiger charge is 2.22. The van der Waals surface area contributed by atoms with Gasteiger partial charge in [0, 0.05) is 16.0 Å². The van der Waals surface area contributed by atoms with Crippen molar-refractivity contribution < 1.29 is 9.59 Å². The van der Waals surface area contributed by atoms with Crippen LogP contribution in [0.2, 0.25) is 5.02 Å². The first kappa shape index (κ1) is 19.1. The number of nitrogens with one attached hydrogen (secondary N) is 1. The molecule has 27 heavy (non-hydrogen) atoms. The molecule has 1 amide bonds. The third-order valence-electron chi connectivity index (χ3n) is 4.29. The normalized spacial score (nSPS) is 11.6. The van der Waals surface area contributed by atoms with Gasteiger partial charge in [-0.2, -0.15) is 0 Å². The van der Waals surface area contributed by atoms with Crippen molar-refractivity contribution in [1.82, 2.24) is 14.9 Å². The summed E-state index contributed by atoms with van der Waals surface area (Å²) in [4.78, 5) is 29.6. The zero-order chi connectivity index (χ0) is 19.6. The molecule has 0 bridgehead atoms. The van der Waals surface area contributed by atoms with E-state index in [0.717, 1.165) is 11.0 Å². The fourth-order valence-electron chi connectivity index (χ4n) is 2.73. The lowest BCUT2D eigenvalue weighted by molar-refractivity contribution is -0.128. The van der Waals surface area contributed by atoms with Gasteiger partial charge in [0.15, 0.2) is 5.78 Å². The number of rotatable bonds is 5. The van der Waals surface area contributed by atoms with Gasteiger partial charge in [0.05, 0.1) is 24.1 Å². The van der Waals surface area contributed by atoms with E-state index in [1.807, 2.05) is 49.6 Å². The number of Topliss-reactive ketones (excluding diaryl/α,β-unsaturated/α-hetero) is 1. The molecule has 3 aromatic rings. The second kappa shape index (κ2) is 7.53. The van der Waals surface area contributed by atoms with Gasteiger partial charge in [0.1, 0.15) is 5.82 Å². The Labute approximate surface area is 163 Å². The van der Waals surface area contributed by atoms with Crippen LogP contribution < -0.4 is 5.32 Å². The first-order valence-electron chi connectivity index (χ1n) is 8.77. The Morgan fingerprint density at radius 1 is 1.07 bits per heavy atom. The van der Waals surface area contributed by atoms with Crippen molar-refractivity contribution in [2.45, 2.75) is 33.9 Å². The smallest absolute Gasteiger partial charge is 0.225 e. The van der Waals surface area contributed by atoms with Gasteiger partial charge >= 0.3 is 0 Å². The molecule has 0 aliphatic heterocycles. The van der Waals surface area contributed by atoms with Crippen LogP contribution in [0.3, 0.4) is 0 Å². The molecule has 0 unspecified atom stereocenters. The molecule has 3 rings (SSSR count). The summed E-state index contributed by atoms with van der Waals surface area (Å²) in [5.41, 5.74) is 1.75. The van der Waals surface area contributed by atoms with E-state index in [1.165, 1.54) is 0 Å². The number of fused-ring (bicyclic) bond motifs is 1. The van der Waals surface area contributed by atoms with Gasteiger partial charge in [0.2, 0.25) is 5.91 Å². The van der Waals surface area contributed by atoms with E-state index in [1.54, 1.807) is 24.3 Å². The standard InChI is InChI=1S/C21H22ClN3O2/c1-21(2,3)20(27)23-12-19-24-16-6-4-5-7-17(16)25(19)13-18(26)14-8-10-15(22)11-9-14/h4-11H,12-13H2,1-3H3,(H,23,27). The zero-order valence-corrected chi connectivity index (χ0v) is 16.4. The maximum absolute atomic E-state index is 12.7. The van der Waals surface area contributed by atoms with E-state index in [2.05, 4.69) is 10.3 Å². The van der Waals surface area contributed by atoms with Gasteiger partial charge in [0.25, 0.3) is 0 Å². The van der Waals surface area contributed by atoms with E-state index < -0.39 is 5.41 Å². The number of para-hydroxylation sites is 2. The molecule has 1 heterocycles. The van der Waals surface area contributed by atoms with Crippen molar-refractivity contribution in [2.24, 2.45) is 5.41 Å². The summed E-state index contributed by atoms with van der Waals surface area (Å²) in [5.74, 6) is 0.541. The molecule has 1 N–H and O–H groups in total. The van der Waals surface area contributed by atoms with Crippen LogP contribution in [-0.4, -0.2) is 21.2 Å². The van der Waals surface area contributed by atoms with E-state index >= 15 is 0 Å². The Hall–Kier alpha value is -2.66. The van der Waals surface area contributed by atoms with Gasteiger partial charge in [-0.3, -0.25) is 9.59 Å². The van der Waals surface area contributed by atoms with E-state index in [9.17, 15) is 9.59 Å². The van der Waals surface area contributed by atoms with Gasteiger partial charge in [-0.05, 0) is 36.4 Å². The van der Waals surface area contributed by atoms with Crippen LogP contribution in [0.15, 0.2) is 48.5 Å². The number of benzene rings is 2. The monoisotopic (exact) mass is 383 g/mol. The Morgan fingerprint density at radius 3 is 2.41 bits per heavy atom. The summed E-state index contributed by atoms with van der Waals surface area (Å²) in [6.45, 7) is 5.97. The molecule has 0 spiro atoms. The maximum Gasteiger partial charge on any atom is 0.225 e. The fraction of sp³-hybridized carbons (Fsp3) is 0.286. The summed E-state index contributed by atoms with van der Waals surface area (Å²) in [6, 6.07) is 14.5. The number of nitrogens with zero attached hydrogens (tertiary/aromatic N) is 2. The van der Waals surface area contributed by atoms with Crippen LogP contribution in [0, 0.1) is 5.41 Å². The van der Waals surface area contributed by atoms with Crippen LogP contribution in [0.1, 0.15) is 37.0 Å². The van der Waals surface area contributed by atoms with E-state index in [4.69, 9.17) is 11.6 Å². The molecule has 0 fully saturated rings. The van der Waals surface area contributed by atoms with Crippen molar-refractivity contribution in [3.05, 3.63) is 64.9 Å². The Bertz CT molecular complexity index is 985. The summed E-state index contributed by atoms with van der Waals surface area (Å²) in [6.07, 6.45) is 0. The number of carbonyl (C=O) groups excluding carboxylic acids is 2. The molecule has 2 aromatic carbocycles. The number of ketones is 1. The molecule has 0 saturated carbocycles. The SMILES string of the molecule is CC(C)(C)C(=O)NCc1nc2ccccc2n1CC(=O)c1ccc(Cl)cc1. The highest BCUT2D eigenvalue weighted by atomic mass is 35.5. The molecule has 5 nitrogen and oxygen atoms in total. The first-order chi connectivity index (χ1) is 12.8. The van der Waals surface area contributed by atoms with Crippen LogP contribution >= 0.6 is 11.6 Å². The highest BCUT2D eigenvalue weighted by Crippen LogP contribution is 2.19. The number of aromatic nitrogens is 2. The second-order valence-corrected chi connectivity index (χ2v) is 7.90. The molecule has 6 heteroatoms. The van der Waals surface area contributed by atoms with Crippen LogP contribution in [0.25, 0.3) is 11.0 Å². The molecule has 0 aliphatic carbocycles. The Morgan fingerprint density at radius 2 is 1.74 bits per heavy atom. The number of imidazole rings is 1. The van der Waals surface area contributed by atoms with Gasteiger partial charge in [-0.1, -0.05) is 44.5 Å². The number of amides is 1. The minimum absolute atomic E-state index is 0.0433. The third kappa shape index (κ3) is 4.37. The molecule has 140 valence electrons. The lowest BCUT2D eigenvalue weighted by Gasteiger charge is -2.18. The Kier molecular flexibility index (Phi) is 5.33. The first-order valence-corrected chi connectivity index (χ1v) is 9.15. The lowest BCUT2D eigenvalue weighted by Crippen LogP contribution is -2.35. The highest BCUT2D eigenvalue weighted by molar-refractivity contribution is 6.30. The van der Waals surface area contributed by atoms with Crippen molar-refractivity contribution in [3.63, 3.8) is 0 Å². The van der Waals surface area contributed by atoms with Crippen LogP contribution in [0.5, 0.6) is 0 Å². The van der Waals surface area contributed by atoms with Gasteiger partial charge in [-0.15, -0.1) is 0 Å². The van der Waals surface area contributed by atoms with Crippen molar-refractivity contribution in [2.75, 3.05) is 0 Å². The molecule has 0 saturated heterocycles. The summed E-state index contributed by atoms with van der Waals surface area (Å²) < 4.78 is 1.86. The predicted molar refractivity (Wildman–Crippen MR) is 107 cm³/mol. The van der Waals surface area contributed by atoms with Crippen molar-refractivity contribution in [3.8, 4) is 0 Å². The minimum Gasteiger partial charge on any atom is -0.348 e. The van der Waals surface area contributed by atoms with E-state index in [0.29, 0.717) is 16.4 Å². The van der Waals surface area contributed by atoms with Gasteiger partial charge < -0.3 is 9.88 Å². The number of hydrogen-bond donors (Lipinski definition) is 1. The second-order valence-electron chi connectivity index (χ2n) is 7.47. The average Bonchev–Trinajstić information content (AvgIpc) is 2.97. The Balaban J connectivity index is 1.89. The van der Waals surface area contributed by atoms with Crippen LogP contribution in [-0.2, 0) is 17.9 Å². The number of halogens is 1. The third-order valence-corrected chi connectivity index (χ3v) is 4.54. The number of carbonyl (C=O) groups is 2. The number of hydrogen-bond acceptors (Lipinski definition) is 3. The minimum atomic E-state index is -0.490. The summed E-state index contributed by atoms with van der Waals surface area (Å²) >= 11 is 5.90. The molecular formula is C21H22ClN3O2. The van der Waals surface area contributed by atoms with Crippen molar-refractivity contribution in [1.29, 1.82) is 0 Å². The zero-order valence-electron chi connectivity index (χ0n) is 15.6. The van der Waals surface area contributed by atoms with E-state index in [-0.39, 0.29) is 24.8 Å². The molecule has 0 radical (unpaired) electrons. The van der Waals surface area contributed by atoms with Crippen LogP contribution in [0.4, 0.5) is 0 Å². The van der Waals surface area contributed by atoms with Gasteiger partial charge in [-0.25, -0.2) is 4.98 Å². The topological polar surface area (TPSA) is 64.0 Å². The largest absolute Gasteiger partial charge is 0.348 e. The summed E-state index contributed by atoms with van der Waals surface area (Å²) in [7, 11) is 0. The quantitative estimate of drug-likeness (QED) is 0.670. The summed E-state index contributed by atoms with van der Waals surface area (Å²) in [5, 5.41) is 3.50. The van der Waals surface area contributed by atoms with Crippen molar-refractivity contribution >= 4 is 34.3 Å². The molecule has 1 aromatic heterocycles. The molecule has 0 atom stereocenters. The maximum atomic E-state index is 12.7.